The van der Waals surface area contributed by atoms with Crippen LogP contribution in [0.25, 0.3) is 0 Å². The van der Waals surface area contributed by atoms with Crippen molar-refractivity contribution in [1.82, 2.24) is 0 Å². The smallest absolute Gasteiger partial charge is 0.338 e. The van der Waals surface area contributed by atoms with Gasteiger partial charge in [-0.3, -0.25) is 4.79 Å². The normalized spacial score (nSPS) is 22.2. The average Bonchev–Trinajstić information content (AvgIpc) is 3.34. The lowest BCUT2D eigenvalue weighted by Gasteiger charge is -2.39. The van der Waals surface area contributed by atoms with Gasteiger partial charge in [0.1, 0.15) is 35.7 Å². The SMILES string of the molecule is O=C1C[C@H]2[C@H](OC(=O)c3ccc(O)cc3)[C@H](OC(=O)c3ccc(O)cc3)[C@@](COC(=O)c3ccc(O)cc3)(OC(=O)c3ccc(O)cc3)[C@H]2CO1. The number of rotatable bonds is 9. The summed E-state index contributed by atoms with van der Waals surface area (Å²) in [5.41, 5.74) is -2.29. The second-order valence-corrected chi connectivity index (χ2v) is 12.0. The standard InChI is InChI=1S/C37H30O14/c38-24-9-1-20(2-10-24)33(43)48-19-37(51-36(46)23-7-15-27(41)16-8-23)29-18-47-30(42)17-28(29)31(49-34(44)21-3-11-25(39)12-4-21)32(37)50-35(45)22-5-13-26(40)14-6-22/h1-16,28-29,31-32,38-41H,17-19H2/t28-,29+,31+,32+,37+/m1/s1. The predicted octanol–water partition coefficient (Wildman–Crippen LogP) is 3.91. The van der Waals surface area contributed by atoms with Crippen LogP contribution >= 0.6 is 0 Å². The van der Waals surface area contributed by atoms with E-state index in [1.54, 1.807) is 0 Å². The lowest BCUT2D eigenvalue weighted by atomic mass is 9.82. The maximum Gasteiger partial charge on any atom is 0.338 e. The Balaban J connectivity index is 1.46. The molecule has 0 spiro atoms. The minimum atomic E-state index is -2.17. The van der Waals surface area contributed by atoms with Crippen molar-refractivity contribution in [2.24, 2.45) is 11.8 Å². The van der Waals surface area contributed by atoms with Crippen molar-refractivity contribution in [2.45, 2.75) is 24.2 Å². The van der Waals surface area contributed by atoms with Gasteiger partial charge in [-0.2, -0.15) is 0 Å². The summed E-state index contributed by atoms with van der Waals surface area (Å²) in [5.74, 6) is -7.20. The van der Waals surface area contributed by atoms with Crippen LogP contribution in [0.1, 0.15) is 47.9 Å². The van der Waals surface area contributed by atoms with Crippen molar-refractivity contribution in [3.8, 4) is 23.0 Å². The zero-order chi connectivity index (χ0) is 36.3. The van der Waals surface area contributed by atoms with Crippen molar-refractivity contribution in [3.63, 3.8) is 0 Å². The molecule has 0 amide bonds. The van der Waals surface area contributed by atoms with Gasteiger partial charge in [-0.1, -0.05) is 0 Å². The van der Waals surface area contributed by atoms with Crippen LogP contribution in [0.2, 0.25) is 0 Å². The Bertz CT molecular complexity index is 1940. The van der Waals surface area contributed by atoms with Gasteiger partial charge in [-0.25, -0.2) is 19.2 Å². The molecule has 1 saturated heterocycles. The number of carbonyl (C=O) groups is 5. The van der Waals surface area contributed by atoms with Crippen LogP contribution in [0.5, 0.6) is 23.0 Å². The molecule has 1 heterocycles. The molecule has 0 unspecified atom stereocenters. The van der Waals surface area contributed by atoms with Gasteiger partial charge in [0.15, 0.2) is 11.7 Å². The third-order valence-electron chi connectivity index (χ3n) is 8.77. The second kappa shape index (κ2) is 14.1. The highest BCUT2D eigenvalue weighted by molar-refractivity contribution is 5.92. The molecule has 4 N–H and O–H groups in total. The molecule has 0 aromatic heterocycles. The summed E-state index contributed by atoms with van der Waals surface area (Å²) in [4.78, 5) is 67.2. The van der Waals surface area contributed by atoms with E-state index < -0.39 is 72.7 Å². The van der Waals surface area contributed by atoms with Crippen LogP contribution in [0, 0.1) is 11.8 Å². The summed E-state index contributed by atoms with van der Waals surface area (Å²) in [7, 11) is 0. The van der Waals surface area contributed by atoms with Crippen molar-refractivity contribution in [3.05, 3.63) is 119 Å². The van der Waals surface area contributed by atoms with E-state index in [1.165, 1.54) is 97.1 Å². The van der Waals surface area contributed by atoms with Crippen molar-refractivity contribution in [1.29, 1.82) is 0 Å². The first-order chi connectivity index (χ1) is 24.4. The Morgan fingerprint density at radius 3 is 1.49 bits per heavy atom. The second-order valence-electron chi connectivity index (χ2n) is 12.0. The number of carbonyl (C=O) groups excluding carboxylic acids is 5. The first-order valence-electron chi connectivity index (χ1n) is 15.6. The Morgan fingerprint density at radius 2 is 1.02 bits per heavy atom. The number of benzene rings is 4. The van der Waals surface area contributed by atoms with Crippen LogP contribution in [0.3, 0.4) is 0 Å². The number of esters is 5. The molecule has 1 aliphatic heterocycles. The van der Waals surface area contributed by atoms with Gasteiger partial charge < -0.3 is 44.1 Å². The minimum Gasteiger partial charge on any atom is -0.508 e. The molecule has 1 aliphatic carbocycles. The number of phenols is 4. The first kappa shape index (κ1) is 34.3. The molecule has 4 aromatic rings. The Morgan fingerprint density at radius 1 is 0.608 bits per heavy atom. The summed E-state index contributed by atoms with van der Waals surface area (Å²) in [6.07, 6.45) is -3.61. The van der Waals surface area contributed by atoms with E-state index in [2.05, 4.69) is 0 Å². The molecule has 4 aromatic carbocycles. The summed E-state index contributed by atoms with van der Waals surface area (Å²) in [5, 5.41) is 39.0. The molecule has 0 bridgehead atoms. The number of hydrogen-bond donors (Lipinski definition) is 4. The van der Waals surface area contributed by atoms with Gasteiger partial charge in [0.05, 0.1) is 35.3 Å². The number of fused-ring (bicyclic) bond motifs is 1. The number of cyclic esters (lactones) is 1. The Labute approximate surface area is 289 Å². The van der Waals surface area contributed by atoms with Crippen LogP contribution in [0.15, 0.2) is 97.1 Å². The molecular formula is C37H30O14. The van der Waals surface area contributed by atoms with Crippen molar-refractivity contribution >= 4 is 29.8 Å². The first-order valence-corrected chi connectivity index (χ1v) is 15.6. The maximum absolute atomic E-state index is 13.8. The van der Waals surface area contributed by atoms with Gasteiger partial charge in [0, 0.05) is 11.8 Å². The molecule has 2 aliphatic rings. The van der Waals surface area contributed by atoms with Crippen molar-refractivity contribution < 1.29 is 68.1 Å². The number of phenolic OH excluding ortho intramolecular Hbond substituents is 4. The van der Waals surface area contributed by atoms with E-state index >= 15 is 0 Å². The maximum atomic E-state index is 13.8. The van der Waals surface area contributed by atoms with Gasteiger partial charge in [-0.15, -0.1) is 0 Å². The molecule has 51 heavy (non-hydrogen) atoms. The molecule has 6 rings (SSSR count). The zero-order valence-corrected chi connectivity index (χ0v) is 26.5. The lowest BCUT2D eigenvalue weighted by molar-refractivity contribution is -0.167. The molecule has 262 valence electrons. The Kier molecular flexibility index (Phi) is 9.49. The van der Waals surface area contributed by atoms with Crippen LogP contribution in [-0.2, 0) is 28.5 Å². The van der Waals surface area contributed by atoms with Gasteiger partial charge in [-0.05, 0) is 97.1 Å². The fourth-order valence-corrected chi connectivity index (χ4v) is 6.19. The van der Waals surface area contributed by atoms with Gasteiger partial charge in [0.2, 0.25) is 0 Å². The molecule has 5 atom stereocenters. The topological polar surface area (TPSA) is 212 Å². The monoisotopic (exact) mass is 698 g/mol. The van der Waals surface area contributed by atoms with E-state index in [0.29, 0.717) is 0 Å². The summed E-state index contributed by atoms with van der Waals surface area (Å²) >= 11 is 0. The summed E-state index contributed by atoms with van der Waals surface area (Å²) < 4.78 is 29.2. The minimum absolute atomic E-state index is 0.00498. The summed E-state index contributed by atoms with van der Waals surface area (Å²) in [6.45, 7) is -1.22. The van der Waals surface area contributed by atoms with Crippen molar-refractivity contribution in [2.75, 3.05) is 13.2 Å². The zero-order valence-electron chi connectivity index (χ0n) is 26.5. The molecule has 14 heteroatoms. The highest BCUT2D eigenvalue weighted by Crippen LogP contribution is 2.51. The third-order valence-corrected chi connectivity index (χ3v) is 8.77. The molecule has 0 radical (unpaired) electrons. The average molecular weight is 699 g/mol. The van der Waals surface area contributed by atoms with E-state index in [1.807, 2.05) is 0 Å². The number of ether oxygens (including phenoxy) is 5. The number of hydrogen-bond acceptors (Lipinski definition) is 14. The van der Waals surface area contributed by atoms with E-state index in [9.17, 15) is 44.4 Å². The Hall–Kier alpha value is -6.57. The molecule has 2 fully saturated rings. The quantitative estimate of drug-likeness (QED) is 0.144. The highest BCUT2D eigenvalue weighted by atomic mass is 16.6. The molecule has 14 nitrogen and oxygen atoms in total. The fraction of sp³-hybridized carbons (Fsp3) is 0.216. The number of aromatic hydroxyl groups is 4. The largest absolute Gasteiger partial charge is 0.508 e. The van der Waals surface area contributed by atoms with E-state index in [-0.39, 0.29) is 51.7 Å². The summed E-state index contributed by atoms with van der Waals surface area (Å²) in [6, 6.07) is 20.2. The highest BCUT2D eigenvalue weighted by Gasteiger charge is 2.69. The lowest BCUT2D eigenvalue weighted by Crippen LogP contribution is -2.56. The van der Waals surface area contributed by atoms with E-state index in [4.69, 9.17) is 23.7 Å². The van der Waals surface area contributed by atoms with Gasteiger partial charge in [0.25, 0.3) is 0 Å². The molecule has 1 saturated carbocycles. The fourth-order valence-electron chi connectivity index (χ4n) is 6.19. The van der Waals surface area contributed by atoms with Crippen LogP contribution in [0.4, 0.5) is 0 Å². The van der Waals surface area contributed by atoms with Gasteiger partial charge >= 0.3 is 29.8 Å². The predicted molar refractivity (Wildman–Crippen MR) is 172 cm³/mol. The third kappa shape index (κ3) is 7.25. The molecular weight excluding hydrogens is 668 g/mol. The van der Waals surface area contributed by atoms with Crippen LogP contribution < -0.4 is 0 Å². The van der Waals surface area contributed by atoms with Crippen LogP contribution in [-0.4, -0.2) is 81.3 Å². The van der Waals surface area contributed by atoms with E-state index in [0.717, 1.165) is 0 Å².